The molecule has 0 radical (unpaired) electrons. The molecule has 2 aromatic carbocycles. The predicted octanol–water partition coefficient (Wildman–Crippen LogP) is 5.10. The van der Waals surface area contributed by atoms with Gasteiger partial charge in [0.25, 0.3) is 0 Å². The van der Waals surface area contributed by atoms with E-state index in [4.69, 9.17) is 0 Å². The van der Waals surface area contributed by atoms with Crippen LogP contribution in [0, 0.1) is 5.92 Å². The Morgan fingerprint density at radius 1 is 0.900 bits per heavy atom. The van der Waals surface area contributed by atoms with Crippen LogP contribution in [0.4, 0.5) is 0 Å². The van der Waals surface area contributed by atoms with Crippen LogP contribution < -0.4 is 0 Å². The van der Waals surface area contributed by atoms with Crippen molar-refractivity contribution < 1.29 is 0 Å². The lowest BCUT2D eigenvalue weighted by molar-refractivity contribution is 0.647. The summed E-state index contributed by atoms with van der Waals surface area (Å²) < 4.78 is 0. The molecule has 0 fully saturated rings. The molecular weight excluding hydrogens is 242 g/mol. The minimum atomic E-state index is 0.694. The van der Waals surface area contributed by atoms with Crippen LogP contribution in [0.2, 0.25) is 0 Å². The molecule has 1 heteroatoms. The van der Waals surface area contributed by atoms with Gasteiger partial charge in [0, 0.05) is 17.1 Å². The van der Waals surface area contributed by atoms with E-state index < -0.39 is 0 Å². The number of benzene rings is 2. The average Bonchev–Trinajstić information content (AvgIpc) is 2.47. The minimum absolute atomic E-state index is 0.694. The summed E-state index contributed by atoms with van der Waals surface area (Å²) in [5.41, 5.74) is 3.62. The monoisotopic (exact) mass is 261 g/mol. The second kappa shape index (κ2) is 5.46. The highest BCUT2D eigenvalue weighted by atomic mass is 14.7. The van der Waals surface area contributed by atoms with E-state index >= 15 is 0 Å². The summed E-state index contributed by atoms with van der Waals surface area (Å²) in [6.45, 7) is 4.50. The third kappa shape index (κ3) is 2.72. The van der Waals surface area contributed by atoms with Crippen molar-refractivity contribution in [3.05, 3.63) is 66.4 Å². The average molecular weight is 261 g/mol. The van der Waals surface area contributed by atoms with Gasteiger partial charge in [-0.2, -0.15) is 0 Å². The standard InChI is InChI=1S/C19H19N/c1-14(2)11-15-7-9-16(10-8-15)19-12-17-5-3-4-6-18(17)13-20-19/h3-10,12-14H,11H2,1-2H3. The van der Waals surface area contributed by atoms with Crippen LogP contribution in [-0.4, -0.2) is 4.98 Å². The number of hydrogen-bond donors (Lipinski definition) is 0. The molecule has 0 aliphatic heterocycles. The van der Waals surface area contributed by atoms with E-state index in [1.165, 1.54) is 21.9 Å². The summed E-state index contributed by atoms with van der Waals surface area (Å²) >= 11 is 0. The molecule has 0 spiro atoms. The van der Waals surface area contributed by atoms with Crippen LogP contribution in [0.3, 0.4) is 0 Å². The van der Waals surface area contributed by atoms with E-state index in [2.05, 4.69) is 67.4 Å². The number of fused-ring (bicyclic) bond motifs is 1. The Hall–Kier alpha value is -2.15. The summed E-state index contributed by atoms with van der Waals surface area (Å²) in [4.78, 5) is 4.57. The van der Waals surface area contributed by atoms with Gasteiger partial charge < -0.3 is 0 Å². The van der Waals surface area contributed by atoms with Crippen LogP contribution in [0.1, 0.15) is 19.4 Å². The summed E-state index contributed by atoms with van der Waals surface area (Å²) in [5, 5.41) is 2.43. The highest BCUT2D eigenvalue weighted by molar-refractivity contribution is 5.85. The van der Waals surface area contributed by atoms with E-state index in [0.29, 0.717) is 5.92 Å². The lowest BCUT2D eigenvalue weighted by Crippen LogP contribution is -1.93. The first kappa shape index (κ1) is 12.9. The Bertz CT molecular complexity index is 711. The van der Waals surface area contributed by atoms with Gasteiger partial charge in [0.2, 0.25) is 0 Å². The van der Waals surface area contributed by atoms with Crippen molar-refractivity contribution >= 4 is 10.8 Å². The largest absolute Gasteiger partial charge is 0.256 e. The maximum Gasteiger partial charge on any atom is 0.0708 e. The van der Waals surface area contributed by atoms with Crippen LogP contribution >= 0.6 is 0 Å². The molecule has 1 heterocycles. The zero-order valence-electron chi connectivity index (χ0n) is 12.0. The first-order valence-electron chi connectivity index (χ1n) is 7.16. The molecule has 3 aromatic rings. The van der Waals surface area contributed by atoms with Crippen molar-refractivity contribution in [3.63, 3.8) is 0 Å². The van der Waals surface area contributed by atoms with Gasteiger partial charge in [-0.3, -0.25) is 4.98 Å². The minimum Gasteiger partial charge on any atom is -0.256 e. The Morgan fingerprint density at radius 2 is 1.60 bits per heavy atom. The number of rotatable bonds is 3. The van der Waals surface area contributed by atoms with Crippen LogP contribution in [0.15, 0.2) is 60.8 Å². The maximum atomic E-state index is 4.57. The van der Waals surface area contributed by atoms with Crippen molar-refractivity contribution in [2.75, 3.05) is 0 Å². The molecule has 0 aliphatic carbocycles. The maximum absolute atomic E-state index is 4.57. The molecule has 0 unspecified atom stereocenters. The van der Waals surface area contributed by atoms with E-state index in [0.717, 1.165) is 12.1 Å². The van der Waals surface area contributed by atoms with Crippen molar-refractivity contribution in [2.45, 2.75) is 20.3 Å². The van der Waals surface area contributed by atoms with Crippen molar-refractivity contribution in [3.8, 4) is 11.3 Å². The fourth-order valence-corrected chi connectivity index (χ4v) is 2.52. The van der Waals surface area contributed by atoms with Crippen LogP contribution in [0.25, 0.3) is 22.0 Å². The SMILES string of the molecule is CC(C)Cc1ccc(-c2cc3ccccc3cn2)cc1. The third-order valence-corrected chi connectivity index (χ3v) is 3.52. The predicted molar refractivity (Wildman–Crippen MR) is 85.7 cm³/mol. The number of pyridine rings is 1. The second-order valence-corrected chi connectivity index (χ2v) is 5.71. The van der Waals surface area contributed by atoms with Gasteiger partial charge >= 0.3 is 0 Å². The molecule has 0 amide bonds. The molecular formula is C19H19N. The molecule has 1 aromatic heterocycles. The molecule has 0 N–H and O–H groups in total. The summed E-state index contributed by atoms with van der Waals surface area (Å²) in [6, 6.07) is 19.3. The molecule has 0 bridgehead atoms. The Labute approximate surface area is 120 Å². The molecule has 0 saturated carbocycles. The Balaban J connectivity index is 1.94. The van der Waals surface area contributed by atoms with Crippen molar-refractivity contribution in [2.24, 2.45) is 5.92 Å². The fourth-order valence-electron chi connectivity index (χ4n) is 2.52. The van der Waals surface area contributed by atoms with Gasteiger partial charge in [-0.25, -0.2) is 0 Å². The third-order valence-electron chi connectivity index (χ3n) is 3.52. The van der Waals surface area contributed by atoms with Crippen LogP contribution in [-0.2, 0) is 6.42 Å². The first-order valence-corrected chi connectivity index (χ1v) is 7.16. The normalized spacial score (nSPS) is 11.2. The van der Waals surface area contributed by atoms with Crippen molar-refractivity contribution in [1.29, 1.82) is 0 Å². The second-order valence-electron chi connectivity index (χ2n) is 5.71. The summed E-state index contributed by atoms with van der Waals surface area (Å²) in [6.07, 6.45) is 3.08. The summed E-state index contributed by atoms with van der Waals surface area (Å²) in [7, 11) is 0. The zero-order chi connectivity index (χ0) is 13.9. The van der Waals surface area contributed by atoms with Gasteiger partial charge in [0.1, 0.15) is 0 Å². The van der Waals surface area contributed by atoms with Gasteiger partial charge in [-0.15, -0.1) is 0 Å². The Kier molecular flexibility index (Phi) is 3.51. The summed E-state index contributed by atoms with van der Waals surface area (Å²) in [5.74, 6) is 0.694. The lowest BCUT2D eigenvalue weighted by atomic mass is 10.0. The highest BCUT2D eigenvalue weighted by Crippen LogP contribution is 2.22. The zero-order valence-corrected chi connectivity index (χ0v) is 12.0. The van der Waals surface area contributed by atoms with Gasteiger partial charge in [-0.1, -0.05) is 62.4 Å². The van der Waals surface area contributed by atoms with Crippen LogP contribution in [0.5, 0.6) is 0 Å². The van der Waals surface area contributed by atoms with Crippen molar-refractivity contribution in [1.82, 2.24) is 4.98 Å². The molecule has 3 rings (SSSR count). The topological polar surface area (TPSA) is 12.9 Å². The fraction of sp³-hybridized carbons (Fsp3) is 0.211. The number of hydrogen-bond acceptors (Lipinski definition) is 1. The molecule has 100 valence electrons. The first-order chi connectivity index (χ1) is 9.72. The lowest BCUT2D eigenvalue weighted by Gasteiger charge is -2.07. The highest BCUT2D eigenvalue weighted by Gasteiger charge is 2.02. The molecule has 20 heavy (non-hydrogen) atoms. The van der Waals surface area contributed by atoms with Gasteiger partial charge in [-0.05, 0) is 29.4 Å². The Morgan fingerprint density at radius 3 is 2.30 bits per heavy atom. The quantitative estimate of drug-likeness (QED) is 0.639. The smallest absolute Gasteiger partial charge is 0.0708 e. The van der Waals surface area contributed by atoms with E-state index in [1.54, 1.807) is 0 Å². The van der Waals surface area contributed by atoms with Gasteiger partial charge in [0.15, 0.2) is 0 Å². The molecule has 1 nitrogen and oxygen atoms in total. The molecule has 0 aliphatic rings. The molecule has 0 saturated heterocycles. The van der Waals surface area contributed by atoms with Gasteiger partial charge in [0.05, 0.1) is 5.69 Å². The van der Waals surface area contributed by atoms with E-state index in [9.17, 15) is 0 Å². The number of aromatic nitrogens is 1. The van der Waals surface area contributed by atoms with E-state index in [1.807, 2.05) is 12.3 Å². The number of nitrogens with zero attached hydrogens (tertiary/aromatic N) is 1. The van der Waals surface area contributed by atoms with E-state index in [-0.39, 0.29) is 0 Å². The molecule has 0 atom stereocenters.